The van der Waals surface area contributed by atoms with Gasteiger partial charge in [0.15, 0.2) is 0 Å². The standard InChI is InChI=1S/C13H25N5O/c1-8-9(15-7-13(5,6)19)16-11(12(2,3)4)17-10(8)18-14/h19H,7,14H2,1-6H3,(H2,15,16,17,18). The summed E-state index contributed by atoms with van der Waals surface area (Å²) in [6, 6.07) is 0. The van der Waals surface area contributed by atoms with Crippen LogP contribution in [0.4, 0.5) is 11.6 Å². The third-order valence-electron chi connectivity index (χ3n) is 2.64. The highest BCUT2D eigenvalue weighted by Gasteiger charge is 2.22. The smallest absolute Gasteiger partial charge is 0.148 e. The molecule has 0 saturated heterocycles. The molecule has 0 amide bonds. The third-order valence-corrected chi connectivity index (χ3v) is 2.64. The molecule has 6 heteroatoms. The quantitative estimate of drug-likeness (QED) is 0.488. The van der Waals surface area contributed by atoms with Gasteiger partial charge in [-0.05, 0) is 20.8 Å². The first-order valence-electron chi connectivity index (χ1n) is 6.36. The van der Waals surface area contributed by atoms with E-state index in [4.69, 9.17) is 5.84 Å². The van der Waals surface area contributed by atoms with Crippen LogP contribution in [0.3, 0.4) is 0 Å². The van der Waals surface area contributed by atoms with E-state index in [9.17, 15) is 5.11 Å². The summed E-state index contributed by atoms with van der Waals surface area (Å²) in [6.07, 6.45) is 0. The van der Waals surface area contributed by atoms with Gasteiger partial charge in [-0.15, -0.1) is 0 Å². The van der Waals surface area contributed by atoms with Gasteiger partial charge in [-0.1, -0.05) is 20.8 Å². The molecule has 1 heterocycles. The van der Waals surface area contributed by atoms with Gasteiger partial charge in [-0.25, -0.2) is 15.8 Å². The lowest BCUT2D eigenvalue weighted by molar-refractivity contribution is 0.0944. The van der Waals surface area contributed by atoms with E-state index in [0.29, 0.717) is 24.0 Å². The summed E-state index contributed by atoms with van der Waals surface area (Å²) in [5.41, 5.74) is 2.44. The largest absolute Gasteiger partial charge is 0.389 e. The Morgan fingerprint density at radius 2 is 1.63 bits per heavy atom. The minimum Gasteiger partial charge on any atom is -0.389 e. The minimum atomic E-state index is -0.810. The molecule has 0 fully saturated rings. The molecule has 108 valence electrons. The molecule has 1 rings (SSSR count). The molecule has 0 atom stereocenters. The van der Waals surface area contributed by atoms with Crippen LogP contribution in [-0.4, -0.2) is 27.2 Å². The second kappa shape index (κ2) is 5.30. The molecule has 0 aliphatic carbocycles. The van der Waals surface area contributed by atoms with Gasteiger partial charge in [0.2, 0.25) is 0 Å². The zero-order valence-corrected chi connectivity index (χ0v) is 12.6. The molecule has 0 radical (unpaired) electrons. The van der Waals surface area contributed by atoms with Crippen molar-refractivity contribution in [2.24, 2.45) is 5.84 Å². The van der Waals surface area contributed by atoms with Crippen molar-refractivity contribution in [2.75, 3.05) is 17.3 Å². The lowest BCUT2D eigenvalue weighted by Gasteiger charge is -2.23. The van der Waals surface area contributed by atoms with E-state index in [1.165, 1.54) is 0 Å². The predicted molar refractivity (Wildman–Crippen MR) is 78.1 cm³/mol. The summed E-state index contributed by atoms with van der Waals surface area (Å²) >= 11 is 0. The monoisotopic (exact) mass is 267 g/mol. The second-order valence-electron chi connectivity index (χ2n) is 6.43. The van der Waals surface area contributed by atoms with Gasteiger partial charge in [0.1, 0.15) is 17.5 Å². The van der Waals surface area contributed by atoms with E-state index in [-0.39, 0.29) is 5.41 Å². The number of nitrogens with two attached hydrogens (primary N) is 1. The summed E-state index contributed by atoms with van der Waals surface area (Å²) in [5, 5.41) is 12.9. The second-order valence-corrected chi connectivity index (χ2v) is 6.43. The normalized spacial score (nSPS) is 12.4. The lowest BCUT2D eigenvalue weighted by atomic mass is 9.95. The number of hydrogen-bond donors (Lipinski definition) is 4. The van der Waals surface area contributed by atoms with Gasteiger partial charge in [0.25, 0.3) is 0 Å². The Balaban J connectivity index is 3.15. The number of anilines is 2. The zero-order valence-electron chi connectivity index (χ0n) is 12.6. The number of hydrazine groups is 1. The summed E-state index contributed by atoms with van der Waals surface area (Å²) in [4.78, 5) is 8.94. The highest BCUT2D eigenvalue weighted by Crippen LogP contribution is 2.26. The van der Waals surface area contributed by atoms with E-state index in [1.54, 1.807) is 13.8 Å². The molecule has 1 aromatic heterocycles. The van der Waals surface area contributed by atoms with Gasteiger partial charge in [0, 0.05) is 17.5 Å². The van der Waals surface area contributed by atoms with Crippen molar-refractivity contribution in [3.63, 3.8) is 0 Å². The molecular weight excluding hydrogens is 242 g/mol. The van der Waals surface area contributed by atoms with E-state index in [2.05, 4.69) is 20.7 Å². The first-order valence-corrected chi connectivity index (χ1v) is 6.36. The summed E-state index contributed by atoms with van der Waals surface area (Å²) < 4.78 is 0. The molecule has 5 N–H and O–H groups in total. The number of aliphatic hydroxyl groups is 1. The Morgan fingerprint density at radius 1 is 1.11 bits per heavy atom. The van der Waals surface area contributed by atoms with Gasteiger partial charge in [-0.3, -0.25) is 0 Å². The number of hydrogen-bond acceptors (Lipinski definition) is 6. The highest BCUT2D eigenvalue weighted by atomic mass is 16.3. The van der Waals surface area contributed by atoms with Crippen molar-refractivity contribution >= 4 is 11.6 Å². The van der Waals surface area contributed by atoms with E-state index in [1.807, 2.05) is 27.7 Å². The molecule has 0 bridgehead atoms. The van der Waals surface area contributed by atoms with Gasteiger partial charge < -0.3 is 15.8 Å². The molecule has 0 spiro atoms. The Labute approximate surface area is 114 Å². The topological polar surface area (TPSA) is 96.1 Å². The van der Waals surface area contributed by atoms with Crippen LogP contribution in [0, 0.1) is 6.92 Å². The minimum absolute atomic E-state index is 0.176. The van der Waals surface area contributed by atoms with E-state index in [0.717, 1.165) is 5.56 Å². The van der Waals surface area contributed by atoms with Crippen LogP contribution >= 0.6 is 0 Å². The molecule has 19 heavy (non-hydrogen) atoms. The fourth-order valence-corrected chi connectivity index (χ4v) is 1.46. The number of nitrogens with zero attached hydrogens (tertiary/aromatic N) is 2. The maximum Gasteiger partial charge on any atom is 0.148 e. The Bertz CT molecular complexity index is 446. The molecule has 0 aliphatic rings. The predicted octanol–water partition coefficient (Wildman–Crippen LogP) is 1.55. The number of rotatable bonds is 4. The number of nitrogens with one attached hydrogen (secondary N) is 2. The van der Waals surface area contributed by atoms with Crippen LogP contribution in [0.5, 0.6) is 0 Å². The van der Waals surface area contributed by atoms with Crippen molar-refractivity contribution < 1.29 is 5.11 Å². The fraction of sp³-hybridized carbons (Fsp3) is 0.692. The van der Waals surface area contributed by atoms with E-state index >= 15 is 0 Å². The highest BCUT2D eigenvalue weighted by molar-refractivity contribution is 5.57. The Kier molecular flexibility index (Phi) is 4.37. The zero-order chi connectivity index (χ0) is 14.8. The maximum atomic E-state index is 9.78. The van der Waals surface area contributed by atoms with Crippen molar-refractivity contribution in [3.05, 3.63) is 11.4 Å². The molecular formula is C13H25N5O. The van der Waals surface area contributed by atoms with Gasteiger partial charge in [0.05, 0.1) is 5.60 Å². The molecule has 0 saturated carbocycles. The molecule has 1 aromatic rings. The van der Waals surface area contributed by atoms with Crippen molar-refractivity contribution in [1.29, 1.82) is 0 Å². The van der Waals surface area contributed by atoms with Crippen LogP contribution in [0.1, 0.15) is 46.0 Å². The van der Waals surface area contributed by atoms with Crippen LogP contribution in [0.15, 0.2) is 0 Å². The van der Waals surface area contributed by atoms with Gasteiger partial charge in [-0.2, -0.15) is 0 Å². The number of nitrogen functional groups attached to an aromatic ring is 1. The van der Waals surface area contributed by atoms with Crippen LogP contribution in [-0.2, 0) is 5.41 Å². The average Bonchev–Trinajstić information content (AvgIpc) is 2.25. The summed E-state index contributed by atoms with van der Waals surface area (Å²) in [6.45, 7) is 11.9. The van der Waals surface area contributed by atoms with E-state index < -0.39 is 5.60 Å². The molecule has 0 aliphatic heterocycles. The molecule has 6 nitrogen and oxygen atoms in total. The van der Waals surface area contributed by atoms with Crippen molar-refractivity contribution in [1.82, 2.24) is 9.97 Å². The summed E-state index contributed by atoms with van der Waals surface area (Å²) in [5.74, 6) is 7.48. The first kappa shape index (κ1) is 15.7. The average molecular weight is 267 g/mol. The van der Waals surface area contributed by atoms with Crippen LogP contribution < -0.4 is 16.6 Å². The Morgan fingerprint density at radius 3 is 2.05 bits per heavy atom. The fourth-order valence-electron chi connectivity index (χ4n) is 1.46. The van der Waals surface area contributed by atoms with Gasteiger partial charge >= 0.3 is 0 Å². The van der Waals surface area contributed by atoms with Crippen LogP contribution in [0.2, 0.25) is 0 Å². The third kappa shape index (κ3) is 4.33. The van der Waals surface area contributed by atoms with Crippen molar-refractivity contribution in [3.8, 4) is 0 Å². The SMILES string of the molecule is Cc1c(NN)nc(C(C)(C)C)nc1NCC(C)(C)O. The summed E-state index contributed by atoms with van der Waals surface area (Å²) in [7, 11) is 0. The Hall–Kier alpha value is -1.40. The van der Waals surface area contributed by atoms with Crippen molar-refractivity contribution in [2.45, 2.75) is 52.6 Å². The van der Waals surface area contributed by atoms with Crippen LogP contribution in [0.25, 0.3) is 0 Å². The maximum absolute atomic E-state index is 9.78. The first-order chi connectivity index (χ1) is 8.54. The molecule has 0 unspecified atom stereocenters. The molecule has 0 aromatic carbocycles. The number of aromatic nitrogens is 2. The lowest BCUT2D eigenvalue weighted by Crippen LogP contribution is -2.30.